The van der Waals surface area contributed by atoms with Gasteiger partial charge in [-0.1, -0.05) is 22.0 Å². The molecule has 9 heteroatoms. The first-order valence-electron chi connectivity index (χ1n) is 8.84. The molecule has 29 heavy (non-hydrogen) atoms. The number of halogens is 3. The van der Waals surface area contributed by atoms with Crippen LogP contribution in [0.5, 0.6) is 0 Å². The highest BCUT2D eigenvalue weighted by Crippen LogP contribution is 2.29. The number of benzene rings is 2. The van der Waals surface area contributed by atoms with E-state index in [0.29, 0.717) is 16.2 Å². The topological polar surface area (TPSA) is 59.5 Å². The van der Waals surface area contributed by atoms with Crippen molar-refractivity contribution in [3.8, 4) is 0 Å². The average Bonchev–Trinajstić information content (AvgIpc) is 3.11. The predicted molar refractivity (Wildman–Crippen MR) is 111 cm³/mol. The van der Waals surface area contributed by atoms with Crippen molar-refractivity contribution >= 4 is 55.0 Å². The predicted octanol–water partition coefficient (Wildman–Crippen LogP) is 5.21. The summed E-state index contributed by atoms with van der Waals surface area (Å²) in [5.41, 5.74) is 0.927. The van der Waals surface area contributed by atoms with Crippen molar-refractivity contribution < 1.29 is 23.1 Å². The molecule has 0 aliphatic rings. The normalized spacial score (nSPS) is 10.9. The molecule has 0 N–H and O–H groups in total. The minimum Gasteiger partial charge on any atom is -0.466 e. The van der Waals surface area contributed by atoms with Crippen molar-refractivity contribution in [1.29, 1.82) is 0 Å². The Labute approximate surface area is 178 Å². The molecule has 3 aromatic rings. The van der Waals surface area contributed by atoms with Gasteiger partial charge in [0.25, 0.3) is 0 Å². The van der Waals surface area contributed by atoms with Gasteiger partial charge in [0.15, 0.2) is 11.6 Å². The smallest absolute Gasteiger partial charge is 0.306 e. The molecule has 1 heterocycles. The van der Waals surface area contributed by atoms with Gasteiger partial charge in [-0.3, -0.25) is 9.59 Å². The first-order chi connectivity index (χ1) is 13.9. The summed E-state index contributed by atoms with van der Waals surface area (Å²) in [5.74, 6) is -2.65. The molecule has 0 spiro atoms. The largest absolute Gasteiger partial charge is 0.466 e. The van der Waals surface area contributed by atoms with E-state index >= 15 is 0 Å². The molecule has 0 aliphatic carbocycles. The second-order valence-electron chi connectivity index (χ2n) is 6.08. The maximum atomic E-state index is 14.0. The number of nitrogens with zero attached hydrogens (tertiary/aromatic N) is 2. The Hall–Kier alpha value is -2.39. The van der Waals surface area contributed by atoms with Crippen molar-refractivity contribution in [2.24, 2.45) is 0 Å². The highest BCUT2D eigenvalue weighted by Gasteiger charge is 2.21. The second kappa shape index (κ2) is 9.41. The van der Waals surface area contributed by atoms with Gasteiger partial charge in [0, 0.05) is 16.6 Å². The minimum absolute atomic E-state index is 0.0424. The van der Waals surface area contributed by atoms with Gasteiger partial charge >= 0.3 is 5.97 Å². The number of esters is 1. The fraction of sp³-hybridized carbons (Fsp3) is 0.250. The number of anilines is 1. The molecule has 5 nitrogen and oxygen atoms in total. The van der Waals surface area contributed by atoms with Crippen LogP contribution in [0.1, 0.15) is 24.8 Å². The summed E-state index contributed by atoms with van der Waals surface area (Å²) in [5, 5.41) is 0.453. The molecule has 3 rings (SSSR count). The molecule has 2 aromatic carbocycles. The van der Waals surface area contributed by atoms with E-state index in [-0.39, 0.29) is 36.6 Å². The number of hydrogen-bond acceptors (Lipinski definition) is 5. The van der Waals surface area contributed by atoms with Crippen molar-refractivity contribution in [2.45, 2.75) is 26.3 Å². The van der Waals surface area contributed by atoms with Crippen LogP contribution < -0.4 is 4.90 Å². The lowest BCUT2D eigenvalue weighted by atomic mass is 10.2. The quantitative estimate of drug-likeness (QED) is 0.433. The maximum Gasteiger partial charge on any atom is 0.306 e. The van der Waals surface area contributed by atoms with Gasteiger partial charge < -0.3 is 9.64 Å². The van der Waals surface area contributed by atoms with Gasteiger partial charge in [-0.05, 0) is 37.3 Å². The van der Waals surface area contributed by atoms with Crippen molar-refractivity contribution in [1.82, 2.24) is 4.98 Å². The zero-order chi connectivity index (χ0) is 21.0. The van der Waals surface area contributed by atoms with Gasteiger partial charge in [-0.25, -0.2) is 13.8 Å². The van der Waals surface area contributed by atoms with Crippen LogP contribution in [0.25, 0.3) is 10.2 Å². The molecule has 152 valence electrons. The van der Waals surface area contributed by atoms with Crippen LogP contribution in [-0.2, 0) is 20.9 Å². The number of aromatic nitrogens is 1. The molecule has 0 bridgehead atoms. The van der Waals surface area contributed by atoms with E-state index in [0.717, 1.165) is 21.9 Å². The highest BCUT2D eigenvalue weighted by molar-refractivity contribution is 9.10. The molecule has 0 saturated carbocycles. The summed E-state index contributed by atoms with van der Waals surface area (Å²) in [6.45, 7) is 2.01. The number of thiazole rings is 1. The number of hydrogen-bond donors (Lipinski definition) is 0. The SMILES string of the molecule is CCOC(=O)CCC(=O)N(Cc1nc2ccc(F)c(F)c2s1)c1cccc(Br)c1. The van der Waals surface area contributed by atoms with Crippen LogP contribution in [0, 0.1) is 11.6 Å². The fourth-order valence-corrected chi connectivity index (χ4v) is 4.10. The van der Waals surface area contributed by atoms with Gasteiger partial charge in [0.1, 0.15) is 5.01 Å². The fourth-order valence-electron chi connectivity index (χ4n) is 2.73. The van der Waals surface area contributed by atoms with Crippen molar-refractivity contribution in [3.63, 3.8) is 0 Å². The molecule has 0 fully saturated rings. The number of amides is 1. The third kappa shape index (κ3) is 5.16. The van der Waals surface area contributed by atoms with Crippen LogP contribution in [0.2, 0.25) is 0 Å². The van der Waals surface area contributed by atoms with Crippen LogP contribution in [0.3, 0.4) is 0 Å². The van der Waals surface area contributed by atoms with Gasteiger partial charge in [-0.2, -0.15) is 0 Å². The summed E-state index contributed by atoms with van der Waals surface area (Å²) in [6.07, 6.45) is -0.0872. The zero-order valence-corrected chi connectivity index (χ0v) is 17.9. The number of carbonyl (C=O) groups excluding carboxylic acids is 2. The summed E-state index contributed by atoms with van der Waals surface area (Å²) < 4.78 is 33.3. The van der Waals surface area contributed by atoms with Crippen LogP contribution >= 0.6 is 27.3 Å². The number of ether oxygens (including phenoxy) is 1. The Morgan fingerprint density at radius 1 is 1.21 bits per heavy atom. The highest BCUT2D eigenvalue weighted by atomic mass is 79.9. The van der Waals surface area contributed by atoms with E-state index in [1.807, 2.05) is 6.07 Å². The minimum atomic E-state index is -0.950. The molecular formula is C20H17BrF2N2O3S. The maximum absolute atomic E-state index is 14.0. The van der Waals surface area contributed by atoms with Crippen LogP contribution in [0.15, 0.2) is 40.9 Å². The third-order valence-corrected chi connectivity index (χ3v) is 5.60. The van der Waals surface area contributed by atoms with E-state index < -0.39 is 17.6 Å². The lowest BCUT2D eigenvalue weighted by molar-refractivity contribution is -0.144. The van der Waals surface area contributed by atoms with Gasteiger partial charge in [-0.15, -0.1) is 11.3 Å². The Balaban J connectivity index is 1.88. The standard InChI is InChI=1S/C20H17BrF2N2O3S/c1-2-28-18(27)9-8-17(26)25(13-5-3-4-12(21)10-13)11-16-24-15-7-6-14(22)19(23)20(15)29-16/h3-7,10H,2,8-9,11H2,1H3. The third-order valence-electron chi connectivity index (χ3n) is 4.06. The molecule has 0 atom stereocenters. The Morgan fingerprint density at radius 3 is 2.72 bits per heavy atom. The van der Waals surface area contributed by atoms with E-state index in [2.05, 4.69) is 20.9 Å². The van der Waals surface area contributed by atoms with Crippen LogP contribution in [-0.4, -0.2) is 23.5 Å². The Bertz CT molecular complexity index is 1060. The molecule has 0 aliphatic heterocycles. The average molecular weight is 483 g/mol. The van der Waals surface area contributed by atoms with E-state index in [1.54, 1.807) is 25.1 Å². The van der Waals surface area contributed by atoms with Crippen LogP contribution in [0.4, 0.5) is 14.5 Å². The van der Waals surface area contributed by atoms with E-state index in [9.17, 15) is 18.4 Å². The Morgan fingerprint density at radius 2 is 2.00 bits per heavy atom. The summed E-state index contributed by atoms with van der Waals surface area (Å²) >= 11 is 4.37. The van der Waals surface area contributed by atoms with Gasteiger partial charge in [0.05, 0.1) is 29.8 Å². The zero-order valence-electron chi connectivity index (χ0n) is 15.5. The molecule has 0 unspecified atom stereocenters. The van der Waals surface area contributed by atoms with E-state index in [4.69, 9.17) is 4.74 Å². The number of carbonyl (C=O) groups is 2. The summed E-state index contributed by atoms with van der Waals surface area (Å²) in [4.78, 5) is 30.3. The first-order valence-corrected chi connectivity index (χ1v) is 10.4. The molecule has 0 saturated heterocycles. The molecule has 1 aromatic heterocycles. The number of rotatable bonds is 7. The molecule has 0 radical (unpaired) electrons. The van der Waals surface area contributed by atoms with E-state index in [1.165, 1.54) is 11.0 Å². The Kier molecular flexibility index (Phi) is 6.92. The molecular weight excluding hydrogens is 466 g/mol. The number of fused-ring (bicyclic) bond motifs is 1. The molecule has 1 amide bonds. The summed E-state index contributed by atoms with van der Waals surface area (Å²) in [6, 6.07) is 9.53. The van der Waals surface area contributed by atoms with Gasteiger partial charge in [0.2, 0.25) is 5.91 Å². The lowest BCUT2D eigenvalue weighted by Gasteiger charge is -2.22. The first kappa shape index (κ1) is 21.3. The second-order valence-corrected chi connectivity index (χ2v) is 8.08. The lowest BCUT2D eigenvalue weighted by Crippen LogP contribution is -2.30. The monoisotopic (exact) mass is 482 g/mol. The van der Waals surface area contributed by atoms with Crippen molar-refractivity contribution in [3.05, 3.63) is 57.5 Å². The van der Waals surface area contributed by atoms with Crippen molar-refractivity contribution in [2.75, 3.05) is 11.5 Å². The summed E-state index contributed by atoms with van der Waals surface area (Å²) in [7, 11) is 0.